The van der Waals surface area contributed by atoms with Gasteiger partial charge in [-0.2, -0.15) is 5.10 Å². The van der Waals surface area contributed by atoms with Crippen LogP contribution in [0.5, 0.6) is 11.6 Å². The minimum Gasteiger partial charge on any atom is -0.439 e. The third kappa shape index (κ3) is 5.42. The number of aromatic nitrogens is 2. The summed E-state index contributed by atoms with van der Waals surface area (Å²) in [6.45, 7) is 8.80. The van der Waals surface area contributed by atoms with E-state index in [1.165, 1.54) is 12.1 Å². The molecule has 0 aliphatic rings. The van der Waals surface area contributed by atoms with Crippen molar-refractivity contribution in [1.82, 2.24) is 20.0 Å². The van der Waals surface area contributed by atoms with E-state index in [0.717, 1.165) is 17.7 Å². The zero-order valence-electron chi connectivity index (χ0n) is 18.4. The van der Waals surface area contributed by atoms with Gasteiger partial charge in [-0.25, -0.2) is 13.9 Å². The predicted molar refractivity (Wildman–Crippen MR) is 119 cm³/mol. The molecule has 0 fully saturated rings. The van der Waals surface area contributed by atoms with Gasteiger partial charge in [-0.05, 0) is 63.6 Å². The third-order valence-electron chi connectivity index (χ3n) is 4.91. The second-order valence-corrected chi connectivity index (χ2v) is 7.63. The van der Waals surface area contributed by atoms with Crippen LogP contribution in [0.15, 0.2) is 54.6 Å². The molecule has 1 N–H and O–H groups in total. The first-order valence-electron chi connectivity index (χ1n) is 10.5. The van der Waals surface area contributed by atoms with Crippen molar-refractivity contribution in [3.8, 4) is 17.3 Å². The lowest BCUT2D eigenvalue weighted by atomic mass is 10.2. The molecule has 7 heteroatoms. The maximum Gasteiger partial charge on any atom is 0.317 e. The summed E-state index contributed by atoms with van der Waals surface area (Å²) < 4.78 is 21.4. The number of benzene rings is 2. The van der Waals surface area contributed by atoms with Crippen molar-refractivity contribution in [2.45, 2.75) is 46.7 Å². The number of amides is 2. The Morgan fingerprint density at radius 3 is 2.45 bits per heavy atom. The number of nitrogens with zero attached hydrogens (tertiary/aromatic N) is 3. The SMILES string of the molecule is CCCNC(=O)N(Cc1c(C)nn(-c2ccc(F)cc2)c1Oc1ccccc1)C(C)C. The number of carbonyl (C=O) groups excluding carboxylic acids is 1. The quantitative estimate of drug-likeness (QED) is 0.524. The van der Waals surface area contributed by atoms with Crippen LogP contribution in [0.25, 0.3) is 5.69 Å². The number of hydrogen-bond donors (Lipinski definition) is 1. The molecule has 0 radical (unpaired) electrons. The fourth-order valence-electron chi connectivity index (χ4n) is 3.18. The molecule has 2 aromatic carbocycles. The fraction of sp³-hybridized carbons (Fsp3) is 0.333. The molecule has 3 rings (SSSR count). The monoisotopic (exact) mass is 424 g/mol. The number of halogens is 1. The molecule has 164 valence electrons. The number of para-hydroxylation sites is 1. The molecule has 1 heterocycles. The fourth-order valence-corrected chi connectivity index (χ4v) is 3.18. The molecular formula is C24H29FN4O2. The number of aryl methyl sites for hydroxylation is 1. The summed E-state index contributed by atoms with van der Waals surface area (Å²) in [5, 5.41) is 7.60. The van der Waals surface area contributed by atoms with Crippen molar-refractivity contribution < 1.29 is 13.9 Å². The van der Waals surface area contributed by atoms with E-state index in [4.69, 9.17) is 4.74 Å². The van der Waals surface area contributed by atoms with Crippen LogP contribution in [0.2, 0.25) is 0 Å². The number of hydrogen-bond acceptors (Lipinski definition) is 3. The van der Waals surface area contributed by atoms with Crippen molar-refractivity contribution in [3.05, 3.63) is 71.7 Å². The van der Waals surface area contributed by atoms with Gasteiger partial charge >= 0.3 is 6.03 Å². The first-order chi connectivity index (χ1) is 14.9. The molecule has 6 nitrogen and oxygen atoms in total. The standard InChI is InChI=1S/C24H29FN4O2/c1-5-15-26-24(30)28(17(2)3)16-22-18(4)27-29(20-13-11-19(25)12-14-20)23(22)31-21-9-7-6-8-10-21/h6-14,17H,5,15-16H2,1-4H3,(H,26,30). The molecule has 31 heavy (non-hydrogen) atoms. The van der Waals surface area contributed by atoms with Gasteiger partial charge in [0.15, 0.2) is 0 Å². The van der Waals surface area contributed by atoms with Crippen molar-refractivity contribution >= 4 is 6.03 Å². The molecule has 0 unspecified atom stereocenters. The molecule has 0 bridgehead atoms. The highest BCUT2D eigenvalue weighted by atomic mass is 19.1. The van der Waals surface area contributed by atoms with Gasteiger partial charge in [0.25, 0.3) is 0 Å². The highest BCUT2D eigenvalue weighted by Crippen LogP contribution is 2.32. The van der Waals surface area contributed by atoms with Crippen molar-refractivity contribution in [2.75, 3.05) is 6.54 Å². The van der Waals surface area contributed by atoms with Crippen LogP contribution in [-0.2, 0) is 6.54 Å². The van der Waals surface area contributed by atoms with Gasteiger partial charge in [-0.1, -0.05) is 25.1 Å². The second kappa shape index (κ2) is 10.1. The summed E-state index contributed by atoms with van der Waals surface area (Å²) in [5.74, 6) is 0.833. The van der Waals surface area contributed by atoms with Gasteiger partial charge in [-0.3, -0.25) is 0 Å². The molecule has 0 aliphatic carbocycles. The molecule has 3 aromatic rings. The van der Waals surface area contributed by atoms with E-state index in [0.29, 0.717) is 30.4 Å². The van der Waals surface area contributed by atoms with E-state index >= 15 is 0 Å². The molecule has 0 saturated carbocycles. The van der Waals surface area contributed by atoms with Gasteiger partial charge in [0, 0.05) is 12.6 Å². The summed E-state index contributed by atoms with van der Waals surface area (Å²) >= 11 is 0. The lowest BCUT2D eigenvalue weighted by Crippen LogP contribution is -2.43. The minimum atomic E-state index is -0.322. The number of carbonyl (C=O) groups is 1. The van der Waals surface area contributed by atoms with E-state index in [1.807, 2.05) is 58.0 Å². The van der Waals surface area contributed by atoms with Gasteiger partial charge < -0.3 is 15.0 Å². The lowest BCUT2D eigenvalue weighted by molar-refractivity contribution is 0.179. The van der Waals surface area contributed by atoms with Gasteiger partial charge in [0.1, 0.15) is 11.6 Å². The molecule has 1 aromatic heterocycles. The van der Waals surface area contributed by atoms with Gasteiger partial charge in [-0.15, -0.1) is 0 Å². The Morgan fingerprint density at radius 2 is 1.84 bits per heavy atom. The van der Waals surface area contributed by atoms with E-state index in [9.17, 15) is 9.18 Å². The lowest BCUT2D eigenvalue weighted by Gasteiger charge is -2.27. The number of nitrogens with one attached hydrogen (secondary N) is 1. The Balaban J connectivity index is 2.03. The molecule has 0 saturated heterocycles. The second-order valence-electron chi connectivity index (χ2n) is 7.63. The Labute approximate surface area is 182 Å². The molecule has 0 atom stereocenters. The van der Waals surface area contributed by atoms with E-state index in [1.54, 1.807) is 21.7 Å². The van der Waals surface area contributed by atoms with Crippen LogP contribution < -0.4 is 10.1 Å². The van der Waals surface area contributed by atoms with Crippen LogP contribution >= 0.6 is 0 Å². The van der Waals surface area contributed by atoms with Crippen LogP contribution in [-0.4, -0.2) is 33.3 Å². The van der Waals surface area contributed by atoms with Crippen LogP contribution in [0, 0.1) is 12.7 Å². The molecule has 0 spiro atoms. The maximum absolute atomic E-state index is 13.5. The Morgan fingerprint density at radius 1 is 1.16 bits per heavy atom. The smallest absolute Gasteiger partial charge is 0.317 e. The van der Waals surface area contributed by atoms with E-state index in [2.05, 4.69) is 10.4 Å². The van der Waals surface area contributed by atoms with E-state index < -0.39 is 0 Å². The number of rotatable bonds is 8. The topological polar surface area (TPSA) is 59.4 Å². The Hall–Kier alpha value is -3.35. The van der Waals surface area contributed by atoms with Crippen molar-refractivity contribution in [1.29, 1.82) is 0 Å². The van der Waals surface area contributed by atoms with Crippen LogP contribution in [0.4, 0.5) is 9.18 Å². The normalized spacial score (nSPS) is 10.9. The van der Waals surface area contributed by atoms with Gasteiger partial charge in [0.05, 0.1) is 23.5 Å². The highest BCUT2D eigenvalue weighted by Gasteiger charge is 2.25. The van der Waals surface area contributed by atoms with Crippen LogP contribution in [0.1, 0.15) is 38.4 Å². The molecule has 0 aliphatic heterocycles. The summed E-state index contributed by atoms with van der Waals surface area (Å²) in [5.41, 5.74) is 2.21. The maximum atomic E-state index is 13.5. The summed E-state index contributed by atoms with van der Waals surface area (Å²) in [6.07, 6.45) is 0.863. The molecule has 2 amide bonds. The first kappa shape index (κ1) is 22.3. The Kier molecular flexibility index (Phi) is 7.28. The average molecular weight is 425 g/mol. The average Bonchev–Trinajstić information content (AvgIpc) is 3.06. The Bertz CT molecular complexity index is 1000. The van der Waals surface area contributed by atoms with Crippen molar-refractivity contribution in [3.63, 3.8) is 0 Å². The minimum absolute atomic E-state index is 0.0185. The van der Waals surface area contributed by atoms with Crippen molar-refractivity contribution in [2.24, 2.45) is 0 Å². The zero-order valence-corrected chi connectivity index (χ0v) is 18.4. The third-order valence-corrected chi connectivity index (χ3v) is 4.91. The predicted octanol–water partition coefficient (Wildman–Crippen LogP) is 5.44. The number of urea groups is 1. The highest BCUT2D eigenvalue weighted by molar-refractivity contribution is 5.74. The largest absolute Gasteiger partial charge is 0.439 e. The zero-order chi connectivity index (χ0) is 22.4. The molecular weight excluding hydrogens is 395 g/mol. The van der Waals surface area contributed by atoms with Gasteiger partial charge in [0.2, 0.25) is 5.88 Å². The first-order valence-corrected chi connectivity index (χ1v) is 10.5. The summed E-state index contributed by atoms with van der Waals surface area (Å²) in [7, 11) is 0. The number of ether oxygens (including phenoxy) is 1. The summed E-state index contributed by atoms with van der Waals surface area (Å²) in [6, 6.07) is 15.3. The van der Waals surface area contributed by atoms with E-state index in [-0.39, 0.29) is 17.9 Å². The van der Waals surface area contributed by atoms with Crippen LogP contribution in [0.3, 0.4) is 0 Å². The summed E-state index contributed by atoms with van der Waals surface area (Å²) in [4.78, 5) is 14.5.